The zero-order valence-corrected chi connectivity index (χ0v) is 10.7. The van der Waals surface area contributed by atoms with E-state index in [9.17, 15) is 13.6 Å². The van der Waals surface area contributed by atoms with Gasteiger partial charge in [-0.1, -0.05) is 11.2 Å². The predicted molar refractivity (Wildman–Crippen MR) is 67.9 cm³/mol. The molecule has 2 rings (SSSR count). The zero-order valence-electron chi connectivity index (χ0n) is 10.7. The molecule has 0 saturated heterocycles. The highest BCUT2D eigenvalue weighted by Gasteiger charge is 2.11. The van der Waals surface area contributed by atoms with Crippen molar-refractivity contribution in [1.82, 2.24) is 10.5 Å². The normalized spacial score (nSPS) is 10.6. The van der Waals surface area contributed by atoms with Gasteiger partial charge in [0, 0.05) is 6.07 Å². The van der Waals surface area contributed by atoms with Crippen molar-refractivity contribution in [3.63, 3.8) is 0 Å². The number of hydrogen-bond acceptors (Lipinski definition) is 4. The summed E-state index contributed by atoms with van der Waals surface area (Å²) in [6.07, 6.45) is 0. The zero-order chi connectivity index (χ0) is 14.5. The predicted octanol–water partition coefficient (Wildman–Crippen LogP) is 1.99. The number of nitrogens with zero attached hydrogens (tertiary/aromatic N) is 1. The van der Waals surface area contributed by atoms with Crippen LogP contribution in [0.2, 0.25) is 0 Å². The number of aromatic nitrogens is 1. The summed E-state index contributed by atoms with van der Waals surface area (Å²) in [6.45, 7) is 1.97. The van der Waals surface area contributed by atoms with Crippen LogP contribution in [0.25, 0.3) is 0 Å². The molecule has 5 nitrogen and oxygen atoms in total. The first kappa shape index (κ1) is 14.1. The number of amides is 1. The van der Waals surface area contributed by atoms with E-state index in [0.29, 0.717) is 12.3 Å². The molecule has 0 saturated carbocycles. The molecule has 0 aliphatic heterocycles. The molecule has 0 spiro atoms. The number of para-hydroxylation sites is 1. The molecule has 0 unspecified atom stereocenters. The van der Waals surface area contributed by atoms with E-state index in [-0.39, 0.29) is 6.54 Å². The van der Waals surface area contributed by atoms with E-state index in [1.54, 1.807) is 13.0 Å². The van der Waals surface area contributed by atoms with Gasteiger partial charge in [-0.05, 0) is 19.1 Å². The van der Waals surface area contributed by atoms with Gasteiger partial charge in [0.15, 0.2) is 5.76 Å². The van der Waals surface area contributed by atoms with Crippen molar-refractivity contribution in [3.8, 4) is 0 Å². The molecular weight excluding hydrogens is 268 g/mol. The minimum absolute atomic E-state index is 0.104. The van der Waals surface area contributed by atoms with Crippen molar-refractivity contribution in [2.24, 2.45) is 0 Å². The standard InChI is InChI=1S/C13H13F2N3O2/c1-8-5-9(20-18-8)6-16-7-12(19)17-13-10(14)3-2-4-11(13)15/h2-5,16H,6-7H2,1H3,(H,17,19). The lowest BCUT2D eigenvalue weighted by molar-refractivity contribution is -0.115. The molecule has 0 atom stereocenters. The Bertz CT molecular complexity index is 593. The number of anilines is 1. The minimum atomic E-state index is -0.816. The maximum atomic E-state index is 13.3. The third-order valence-electron chi connectivity index (χ3n) is 2.49. The van der Waals surface area contributed by atoms with Gasteiger partial charge >= 0.3 is 0 Å². The van der Waals surface area contributed by atoms with Gasteiger partial charge in [-0.3, -0.25) is 4.79 Å². The molecule has 0 radical (unpaired) electrons. The Morgan fingerprint density at radius 3 is 2.65 bits per heavy atom. The third kappa shape index (κ3) is 3.61. The van der Waals surface area contributed by atoms with Crippen LogP contribution in [-0.4, -0.2) is 17.6 Å². The molecule has 0 aliphatic rings. The number of aryl methyl sites for hydroxylation is 1. The van der Waals surface area contributed by atoms with E-state index >= 15 is 0 Å². The first-order valence-corrected chi connectivity index (χ1v) is 5.93. The van der Waals surface area contributed by atoms with Gasteiger partial charge < -0.3 is 15.2 Å². The molecular formula is C13H13F2N3O2. The molecule has 0 fully saturated rings. The lowest BCUT2D eigenvalue weighted by atomic mass is 10.3. The smallest absolute Gasteiger partial charge is 0.238 e. The second kappa shape index (κ2) is 6.25. The monoisotopic (exact) mass is 281 g/mol. The van der Waals surface area contributed by atoms with Crippen LogP contribution >= 0.6 is 0 Å². The maximum absolute atomic E-state index is 13.3. The lowest BCUT2D eigenvalue weighted by Gasteiger charge is -2.07. The van der Waals surface area contributed by atoms with Crippen molar-refractivity contribution >= 4 is 11.6 Å². The van der Waals surface area contributed by atoms with Gasteiger partial charge in [0.05, 0.1) is 18.8 Å². The largest absolute Gasteiger partial charge is 0.360 e. The molecule has 7 heteroatoms. The Labute approximate surface area is 114 Å². The molecule has 1 amide bonds. The SMILES string of the molecule is Cc1cc(CNCC(=O)Nc2c(F)cccc2F)on1. The lowest BCUT2D eigenvalue weighted by Crippen LogP contribution is -2.28. The van der Waals surface area contributed by atoms with Gasteiger partial charge in [0.1, 0.15) is 17.3 Å². The van der Waals surface area contributed by atoms with Crippen LogP contribution in [0.1, 0.15) is 11.5 Å². The van der Waals surface area contributed by atoms with Crippen LogP contribution in [-0.2, 0) is 11.3 Å². The highest BCUT2D eigenvalue weighted by molar-refractivity contribution is 5.92. The van der Waals surface area contributed by atoms with E-state index in [0.717, 1.165) is 17.8 Å². The summed E-state index contributed by atoms with van der Waals surface area (Å²) >= 11 is 0. The summed E-state index contributed by atoms with van der Waals surface area (Å²) in [4.78, 5) is 11.6. The van der Waals surface area contributed by atoms with Gasteiger partial charge in [-0.2, -0.15) is 0 Å². The summed E-state index contributed by atoms with van der Waals surface area (Å²) in [5.41, 5.74) is 0.287. The quantitative estimate of drug-likeness (QED) is 0.879. The van der Waals surface area contributed by atoms with Gasteiger partial charge in [0.25, 0.3) is 0 Å². The third-order valence-corrected chi connectivity index (χ3v) is 2.49. The average Bonchev–Trinajstić information content (AvgIpc) is 2.80. The van der Waals surface area contributed by atoms with Crippen molar-refractivity contribution in [3.05, 3.63) is 47.4 Å². The average molecular weight is 281 g/mol. The van der Waals surface area contributed by atoms with Gasteiger partial charge in [0.2, 0.25) is 5.91 Å². The van der Waals surface area contributed by atoms with Crippen LogP contribution in [0.4, 0.5) is 14.5 Å². The fourth-order valence-corrected chi connectivity index (χ4v) is 1.60. The van der Waals surface area contributed by atoms with Crippen molar-refractivity contribution in [1.29, 1.82) is 0 Å². The molecule has 106 valence electrons. The fraction of sp³-hybridized carbons (Fsp3) is 0.231. The maximum Gasteiger partial charge on any atom is 0.238 e. The second-order valence-electron chi connectivity index (χ2n) is 4.18. The number of rotatable bonds is 5. The summed E-state index contributed by atoms with van der Waals surface area (Å²) in [5, 5.41) is 8.65. The number of carbonyl (C=O) groups is 1. The molecule has 0 bridgehead atoms. The first-order valence-electron chi connectivity index (χ1n) is 5.93. The van der Waals surface area contributed by atoms with E-state index in [4.69, 9.17) is 4.52 Å². The summed E-state index contributed by atoms with van der Waals surface area (Å²) in [7, 11) is 0. The number of nitrogens with one attached hydrogen (secondary N) is 2. The topological polar surface area (TPSA) is 67.2 Å². The van der Waals surface area contributed by atoms with E-state index in [1.807, 2.05) is 0 Å². The molecule has 1 aromatic carbocycles. The molecule has 1 heterocycles. The number of hydrogen-bond donors (Lipinski definition) is 2. The Morgan fingerprint density at radius 1 is 1.35 bits per heavy atom. The van der Waals surface area contributed by atoms with Crippen LogP contribution in [0.5, 0.6) is 0 Å². The molecule has 2 aromatic rings. The van der Waals surface area contributed by atoms with Crippen molar-refractivity contribution in [2.45, 2.75) is 13.5 Å². The van der Waals surface area contributed by atoms with E-state index < -0.39 is 23.2 Å². The summed E-state index contributed by atoms with van der Waals surface area (Å²) in [5.74, 6) is -1.61. The summed E-state index contributed by atoms with van der Waals surface area (Å²) < 4.78 is 31.5. The Morgan fingerprint density at radius 2 is 2.05 bits per heavy atom. The van der Waals surface area contributed by atoms with Crippen LogP contribution < -0.4 is 10.6 Å². The van der Waals surface area contributed by atoms with E-state index in [2.05, 4.69) is 15.8 Å². The van der Waals surface area contributed by atoms with Gasteiger partial charge in [-0.25, -0.2) is 8.78 Å². The van der Waals surface area contributed by atoms with Crippen molar-refractivity contribution in [2.75, 3.05) is 11.9 Å². The molecule has 20 heavy (non-hydrogen) atoms. The fourth-order valence-electron chi connectivity index (χ4n) is 1.60. The Balaban J connectivity index is 1.84. The first-order chi connectivity index (χ1) is 9.56. The Kier molecular flexibility index (Phi) is 4.41. The van der Waals surface area contributed by atoms with Crippen molar-refractivity contribution < 1.29 is 18.1 Å². The Hall–Kier alpha value is -2.28. The van der Waals surface area contributed by atoms with Crippen LogP contribution in [0.15, 0.2) is 28.8 Å². The number of benzene rings is 1. The highest BCUT2D eigenvalue weighted by atomic mass is 19.1. The number of carbonyl (C=O) groups excluding carboxylic acids is 1. The van der Waals surface area contributed by atoms with Gasteiger partial charge in [-0.15, -0.1) is 0 Å². The minimum Gasteiger partial charge on any atom is -0.360 e. The van der Waals surface area contributed by atoms with Crippen LogP contribution in [0.3, 0.4) is 0 Å². The van der Waals surface area contributed by atoms with Crippen LogP contribution in [0, 0.1) is 18.6 Å². The molecule has 2 N–H and O–H groups in total. The molecule has 0 aliphatic carbocycles. The van der Waals surface area contributed by atoms with E-state index in [1.165, 1.54) is 6.07 Å². The second-order valence-corrected chi connectivity index (χ2v) is 4.18. The number of halogens is 2. The molecule has 1 aromatic heterocycles. The highest BCUT2D eigenvalue weighted by Crippen LogP contribution is 2.17. The summed E-state index contributed by atoms with van der Waals surface area (Å²) in [6, 6.07) is 5.10.